The molecule has 3 N–H and O–H groups in total. The van der Waals surface area contributed by atoms with E-state index in [0.717, 1.165) is 13.1 Å². The van der Waals surface area contributed by atoms with Crippen LogP contribution >= 0.6 is 0 Å². The summed E-state index contributed by atoms with van der Waals surface area (Å²) < 4.78 is 0. The molecule has 0 spiro atoms. The average molecular weight is 149 g/mol. The lowest BCUT2D eigenvalue weighted by Gasteiger charge is -2.02. The summed E-state index contributed by atoms with van der Waals surface area (Å²) in [4.78, 5) is 0. The number of allylic oxidation sites excluding steroid dienone is 2. The fraction of sp³-hybridized carbons (Fsp3) is 0.250. The molecule has 0 saturated carbocycles. The molecular formula is C8H11N3. The molecule has 0 aromatic carbocycles. The Balaban J connectivity index is 2.30. The van der Waals surface area contributed by atoms with Gasteiger partial charge in [-0.2, -0.15) is 0 Å². The summed E-state index contributed by atoms with van der Waals surface area (Å²) in [5.41, 5.74) is 2.60. The molecule has 0 aliphatic carbocycles. The minimum atomic E-state index is 0.848. The Morgan fingerprint density at radius 1 is 1.36 bits per heavy atom. The van der Waals surface area contributed by atoms with E-state index in [-0.39, 0.29) is 0 Å². The molecule has 1 saturated heterocycles. The molecule has 0 aromatic heterocycles. The van der Waals surface area contributed by atoms with Gasteiger partial charge in [0.15, 0.2) is 0 Å². The van der Waals surface area contributed by atoms with Crippen molar-refractivity contribution in [2.45, 2.75) is 0 Å². The average Bonchev–Trinajstić information content (AvgIpc) is 2.17. The standard InChI is InChI=1S/C8H11N3/c9-11-5-7-2-1-3-10-4-8(7)6-11/h1-4,10H,5-6,9H2. The van der Waals surface area contributed by atoms with Crippen molar-refractivity contribution < 1.29 is 0 Å². The molecule has 2 heterocycles. The van der Waals surface area contributed by atoms with Gasteiger partial charge < -0.3 is 5.32 Å². The Labute approximate surface area is 65.8 Å². The van der Waals surface area contributed by atoms with Gasteiger partial charge in [-0.05, 0) is 17.2 Å². The third kappa shape index (κ3) is 1.20. The van der Waals surface area contributed by atoms with E-state index < -0.39 is 0 Å². The summed E-state index contributed by atoms with van der Waals surface area (Å²) in [5.74, 6) is 5.65. The highest BCUT2D eigenvalue weighted by atomic mass is 15.4. The first-order valence-corrected chi connectivity index (χ1v) is 3.67. The van der Waals surface area contributed by atoms with Crippen LogP contribution in [0.4, 0.5) is 0 Å². The van der Waals surface area contributed by atoms with Gasteiger partial charge in [0.2, 0.25) is 0 Å². The fourth-order valence-electron chi connectivity index (χ4n) is 1.36. The lowest BCUT2D eigenvalue weighted by molar-refractivity contribution is 0.372. The Kier molecular flexibility index (Phi) is 1.52. The third-order valence-electron chi connectivity index (χ3n) is 1.91. The number of nitrogens with zero attached hydrogens (tertiary/aromatic N) is 1. The molecule has 2 aliphatic rings. The SMILES string of the molecule is NN1CC2=CC=CNC=C2C1. The summed E-state index contributed by atoms with van der Waals surface area (Å²) >= 11 is 0. The van der Waals surface area contributed by atoms with Crippen LogP contribution in [0.1, 0.15) is 0 Å². The van der Waals surface area contributed by atoms with Gasteiger partial charge in [-0.1, -0.05) is 6.08 Å². The maximum atomic E-state index is 5.65. The summed E-state index contributed by atoms with van der Waals surface area (Å²) in [5, 5.41) is 4.87. The van der Waals surface area contributed by atoms with Crippen molar-refractivity contribution in [1.82, 2.24) is 10.3 Å². The number of rotatable bonds is 0. The van der Waals surface area contributed by atoms with Crippen LogP contribution in [0.15, 0.2) is 35.7 Å². The van der Waals surface area contributed by atoms with E-state index in [2.05, 4.69) is 11.4 Å². The quantitative estimate of drug-likeness (QED) is 0.480. The molecule has 2 rings (SSSR count). The Morgan fingerprint density at radius 3 is 3.09 bits per heavy atom. The molecule has 0 bridgehead atoms. The minimum Gasteiger partial charge on any atom is -0.367 e. The summed E-state index contributed by atoms with van der Waals surface area (Å²) in [6, 6.07) is 0. The second-order valence-corrected chi connectivity index (χ2v) is 2.79. The zero-order valence-electron chi connectivity index (χ0n) is 6.25. The number of nitrogens with two attached hydrogens (primary N) is 1. The largest absolute Gasteiger partial charge is 0.367 e. The maximum absolute atomic E-state index is 5.65. The Morgan fingerprint density at radius 2 is 2.18 bits per heavy atom. The number of hydrogen-bond donors (Lipinski definition) is 2. The zero-order valence-corrected chi connectivity index (χ0v) is 6.25. The summed E-state index contributed by atoms with van der Waals surface area (Å²) in [7, 11) is 0. The van der Waals surface area contributed by atoms with Crippen LogP contribution in [0.2, 0.25) is 0 Å². The van der Waals surface area contributed by atoms with E-state index in [1.165, 1.54) is 11.1 Å². The zero-order chi connectivity index (χ0) is 7.68. The maximum Gasteiger partial charge on any atom is 0.0400 e. The highest BCUT2D eigenvalue weighted by molar-refractivity contribution is 5.40. The van der Waals surface area contributed by atoms with E-state index in [1.54, 1.807) is 5.01 Å². The number of nitrogens with one attached hydrogen (secondary N) is 1. The third-order valence-corrected chi connectivity index (χ3v) is 1.91. The Bertz CT molecular complexity index is 250. The first-order valence-electron chi connectivity index (χ1n) is 3.67. The molecule has 11 heavy (non-hydrogen) atoms. The van der Waals surface area contributed by atoms with Gasteiger partial charge in [0.1, 0.15) is 0 Å². The topological polar surface area (TPSA) is 41.3 Å². The molecule has 3 heteroatoms. The van der Waals surface area contributed by atoms with E-state index in [0.29, 0.717) is 0 Å². The number of hydrazine groups is 1. The molecule has 58 valence electrons. The van der Waals surface area contributed by atoms with Gasteiger partial charge in [0.25, 0.3) is 0 Å². The second-order valence-electron chi connectivity index (χ2n) is 2.79. The van der Waals surface area contributed by atoms with Gasteiger partial charge >= 0.3 is 0 Å². The fourth-order valence-corrected chi connectivity index (χ4v) is 1.36. The molecule has 0 radical (unpaired) electrons. The molecule has 1 fully saturated rings. The highest BCUT2D eigenvalue weighted by Crippen LogP contribution is 2.19. The van der Waals surface area contributed by atoms with Gasteiger partial charge in [0.05, 0.1) is 0 Å². The molecule has 3 nitrogen and oxygen atoms in total. The van der Waals surface area contributed by atoms with Gasteiger partial charge in [-0.25, -0.2) is 5.01 Å². The van der Waals surface area contributed by atoms with E-state index in [9.17, 15) is 0 Å². The first-order chi connectivity index (χ1) is 5.36. The lowest BCUT2D eigenvalue weighted by Crippen LogP contribution is -2.27. The molecule has 0 amide bonds. The number of hydrogen-bond acceptors (Lipinski definition) is 3. The van der Waals surface area contributed by atoms with Gasteiger partial charge in [-0.3, -0.25) is 5.84 Å². The molecule has 0 unspecified atom stereocenters. The van der Waals surface area contributed by atoms with Crippen molar-refractivity contribution in [1.29, 1.82) is 0 Å². The van der Waals surface area contributed by atoms with Crippen molar-refractivity contribution in [3.8, 4) is 0 Å². The van der Waals surface area contributed by atoms with Crippen molar-refractivity contribution >= 4 is 0 Å². The van der Waals surface area contributed by atoms with E-state index in [1.807, 2.05) is 18.5 Å². The first kappa shape index (κ1) is 6.64. The molecule has 2 aliphatic heterocycles. The van der Waals surface area contributed by atoms with Crippen LogP contribution in [-0.4, -0.2) is 18.1 Å². The van der Waals surface area contributed by atoms with Crippen LogP contribution in [0.5, 0.6) is 0 Å². The second kappa shape index (κ2) is 2.53. The monoisotopic (exact) mass is 149 g/mol. The smallest absolute Gasteiger partial charge is 0.0400 e. The van der Waals surface area contributed by atoms with Crippen LogP contribution in [0.25, 0.3) is 0 Å². The van der Waals surface area contributed by atoms with Crippen LogP contribution in [-0.2, 0) is 0 Å². The minimum absolute atomic E-state index is 0.848. The Hall–Kier alpha value is -1.06. The van der Waals surface area contributed by atoms with Crippen LogP contribution in [0, 0.1) is 0 Å². The van der Waals surface area contributed by atoms with E-state index in [4.69, 9.17) is 5.84 Å². The van der Waals surface area contributed by atoms with Gasteiger partial charge in [-0.15, -0.1) is 0 Å². The lowest BCUT2D eigenvalue weighted by atomic mass is 10.1. The summed E-state index contributed by atoms with van der Waals surface area (Å²) in [6.45, 7) is 1.71. The van der Waals surface area contributed by atoms with Crippen molar-refractivity contribution in [3.05, 3.63) is 35.7 Å². The van der Waals surface area contributed by atoms with Crippen molar-refractivity contribution in [2.24, 2.45) is 5.84 Å². The molecular weight excluding hydrogens is 138 g/mol. The van der Waals surface area contributed by atoms with Crippen LogP contribution in [0.3, 0.4) is 0 Å². The highest BCUT2D eigenvalue weighted by Gasteiger charge is 2.18. The normalized spacial score (nSPS) is 23.4. The predicted molar refractivity (Wildman–Crippen MR) is 44.2 cm³/mol. The summed E-state index contributed by atoms with van der Waals surface area (Å²) in [6.07, 6.45) is 8.01. The molecule has 0 atom stereocenters. The predicted octanol–water partition coefficient (Wildman–Crippen LogP) is 0.103. The van der Waals surface area contributed by atoms with Gasteiger partial charge in [0, 0.05) is 25.5 Å². The number of fused-ring (bicyclic) bond motifs is 1. The van der Waals surface area contributed by atoms with Crippen molar-refractivity contribution in [3.63, 3.8) is 0 Å². The van der Waals surface area contributed by atoms with E-state index >= 15 is 0 Å². The molecule has 0 aromatic rings. The van der Waals surface area contributed by atoms with Crippen LogP contribution < -0.4 is 11.2 Å². The van der Waals surface area contributed by atoms with Crippen molar-refractivity contribution in [2.75, 3.05) is 13.1 Å².